The van der Waals surface area contributed by atoms with Crippen LogP contribution >= 0.6 is 23.7 Å². The highest BCUT2D eigenvalue weighted by atomic mass is 35.5. The fourth-order valence-corrected chi connectivity index (χ4v) is 2.22. The second-order valence-electron chi connectivity index (χ2n) is 3.65. The van der Waals surface area contributed by atoms with Crippen LogP contribution < -0.4 is 5.73 Å². The van der Waals surface area contributed by atoms with E-state index in [1.165, 1.54) is 23.5 Å². The smallest absolute Gasteiger partial charge is 0.320 e. The zero-order valence-corrected chi connectivity index (χ0v) is 10.8. The molecule has 1 atom stereocenters. The lowest BCUT2D eigenvalue weighted by Crippen LogP contribution is -2.11. The minimum Gasteiger partial charge on any atom is -0.320 e. The number of halogens is 4. The molecule has 0 fully saturated rings. The van der Waals surface area contributed by atoms with Crippen LogP contribution in [-0.4, -0.2) is 0 Å². The average molecular weight is 294 g/mol. The predicted molar refractivity (Wildman–Crippen MR) is 69.0 cm³/mol. The van der Waals surface area contributed by atoms with Gasteiger partial charge in [-0.3, -0.25) is 0 Å². The van der Waals surface area contributed by atoms with E-state index in [0.29, 0.717) is 5.56 Å². The lowest BCUT2D eigenvalue weighted by Gasteiger charge is -2.12. The van der Waals surface area contributed by atoms with Crippen LogP contribution in [0.5, 0.6) is 0 Å². The van der Waals surface area contributed by atoms with Gasteiger partial charge in [0.1, 0.15) is 0 Å². The van der Waals surface area contributed by atoms with E-state index in [9.17, 15) is 13.2 Å². The second kappa shape index (κ2) is 5.73. The van der Waals surface area contributed by atoms with Gasteiger partial charge in [0.2, 0.25) is 0 Å². The Balaban J connectivity index is 0.00000162. The summed E-state index contributed by atoms with van der Waals surface area (Å²) in [5.74, 6) is 0. The molecule has 2 aromatic rings. The monoisotopic (exact) mass is 293 g/mol. The van der Waals surface area contributed by atoms with E-state index >= 15 is 0 Å². The van der Waals surface area contributed by atoms with Crippen molar-refractivity contribution in [2.75, 3.05) is 0 Å². The Hall–Kier alpha value is -1.04. The third kappa shape index (κ3) is 3.25. The van der Waals surface area contributed by atoms with E-state index in [2.05, 4.69) is 0 Å². The van der Waals surface area contributed by atoms with Gasteiger partial charge in [-0.15, -0.1) is 12.4 Å². The van der Waals surface area contributed by atoms with Gasteiger partial charge in [0.05, 0.1) is 11.6 Å². The largest absolute Gasteiger partial charge is 0.416 e. The lowest BCUT2D eigenvalue weighted by atomic mass is 10.0. The molecule has 0 aliphatic rings. The molecule has 0 spiro atoms. The average Bonchev–Trinajstić information content (AvgIpc) is 2.80. The van der Waals surface area contributed by atoms with Gasteiger partial charge >= 0.3 is 6.18 Å². The lowest BCUT2D eigenvalue weighted by molar-refractivity contribution is -0.137. The molecule has 1 aromatic carbocycles. The van der Waals surface area contributed by atoms with Crippen LogP contribution in [0.25, 0.3) is 0 Å². The molecule has 1 heterocycles. The maximum absolute atomic E-state index is 12.4. The molecule has 18 heavy (non-hydrogen) atoms. The van der Waals surface area contributed by atoms with Gasteiger partial charge in [-0.05, 0) is 40.1 Å². The van der Waals surface area contributed by atoms with E-state index in [1.807, 2.05) is 16.8 Å². The molecule has 0 bridgehead atoms. The zero-order chi connectivity index (χ0) is 12.5. The van der Waals surface area contributed by atoms with Crippen molar-refractivity contribution in [2.24, 2.45) is 5.73 Å². The SMILES string of the molecule is Cl.N[C@H](c1ccc(C(F)(F)F)cc1)c1ccsc1. The summed E-state index contributed by atoms with van der Waals surface area (Å²) in [5.41, 5.74) is 6.88. The van der Waals surface area contributed by atoms with Gasteiger partial charge < -0.3 is 5.73 Å². The van der Waals surface area contributed by atoms with Crippen molar-refractivity contribution in [2.45, 2.75) is 12.2 Å². The van der Waals surface area contributed by atoms with Crippen LogP contribution in [0.2, 0.25) is 0 Å². The topological polar surface area (TPSA) is 26.0 Å². The van der Waals surface area contributed by atoms with Gasteiger partial charge in [-0.1, -0.05) is 12.1 Å². The fraction of sp³-hybridized carbons (Fsp3) is 0.167. The molecular weight excluding hydrogens is 283 g/mol. The first-order chi connectivity index (χ1) is 7.98. The number of benzene rings is 1. The Morgan fingerprint density at radius 1 is 1.00 bits per heavy atom. The first-order valence-electron chi connectivity index (χ1n) is 4.93. The zero-order valence-electron chi connectivity index (χ0n) is 9.15. The molecule has 0 amide bonds. The van der Waals surface area contributed by atoms with Crippen molar-refractivity contribution < 1.29 is 13.2 Å². The van der Waals surface area contributed by atoms with E-state index < -0.39 is 11.7 Å². The quantitative estimate of drug-likeness (QED) is 0.881. The van der Waals surface area contributed by atoms with E-state index in [1.54, 1.807) is 0 Å². The Bertz CT molecular complexity index is 479. The maximum Gasteiger partial charge on any atom is 0.416 e. The van der Waals surface area contributed by atoms with Gasteiger partial charge in [-0.2, -0.15) is 24.5 Å². The number of thiophene rings is 1. The highest BCUT2D eigenvalue weighted by Crippen LogP contribution is 2.30. The number of hydrogen-bond donors (Lipinski definition) is 1. The molecule has 0 saturated heterocycles. The Labute approximate surface area is 113 Å². The van der Waals surface area contributed by atoms with Gasteiger partial charge in [0.15, 0.2) is 0 Å². The van der Waals surface area contributed by atoms with E-state index in [0.717, 1.165) is 17.7 Å². The molecule has 1 aromatic heterocycles. The number of nitrogens with two attached hydrogens (primary N) is 1. The molecule has 2 N–H and O–H groups in total. The van der Waals surface area contributed by atoms with E-state index in [4.69, 9.17) is 5.73 Å². The molecule has 6 heteroatoms. The van der Waals surface area contributed by atoms with Crippen molar-refractivity contribution in [3.63, 3.8) is 0 Å². The first-order valence-corrected chi connectivity index (χ1v) is 5.87. The molecule has 1 nitrogen and oxygen atoms in total. The normalized spacial score (nSPS) is 12.9. The highest BCUT2D eigenvalue weighted by molar-refractivity contribution is 7.08. The summed E-state index contributed by atoms with van der Waals surface area (Å²) in [7, 11) is 0. The molecule has 0 unspecified atom stereocenters. The minimum atomic E-state index is -4.30. The molecule has 2 rings (SSSR count). The van der Waals surface area contributed by atoms with Crippen molar-refractivity contribution in [1.29, 1.82) is 0 Å². The first kappa shape index (κ1) is 15.0. The molecule has 0 aliphatic heterocycles. The second-order valence-corrected chi connectivity index (χ2v) is 4.43. The van der Waals surface area contributed by atoms with Crippen LogP contribution in [-0.2, 0) is 6.18 Å². The van der Waals surface area contributed by atoms with Gasteiger partial charge in [0, 0.05) is 0 Å². The molecule has 0 radical (unpaired) electrons. The summed E-state index contributed by atoms with van der Waals surface area (Å²) in [6.07, 6.45) is -4.30. The Morgan fingerprint density at radius 3 is 2.06 bits per heavy atom. The van der Waals surface area contributed by atoms with E-state index in [-0.39, 0.29) is 18.4 Å². The van der Waals surface area contributed by atoms with Crippen molar-refractivity contribution in [3.8, 4) is 0 Å². The highest BCUT2D eigenvalue weighted by Gasteiger charge is 2.30. The number of hydrogen-bond acceptors (Lipinski definition) is 2. The third-order valence-corrected chi connectivity index (χ3v) is 3.20. The molecular formula is C12H11ClF3NS. The Kier molecular flexibility index (Phi) is 4.78. The third-order valence-electron chi connectivity index (χ3n) is 2.50. The standard InChI is InChI=1S/C12H10F3NS.ClH/c13-12(14,15)10-3-1-8(2-4-10)11(16)9-5-6-17-7-9;/h1-7,11H,16H2;1H/t11-;/m1./s1. The predicted octanol–water partition coefficient (Wildman–Crippen LogP) is 4.24. The summed E-state index contributed by atoms with van der Waals surface area (Å²) >= 11 is 1.51. The van der Waals surface area contributed by atoms with Gasteiger partial charge in [0.25, 0.3) is 0 Å². The summed E-state index contributed by atoms with van der Waals surface area (Å²) in [4.78, 5) is 0. The number of alkyl halides is 3. The summed E-state index contributed by atoms with van der Waals surface area (Å²) < 4.78 is 37.1. The van der Waals surface area contributed by atoms with Crippen molar-refractivity contribution in [3.05, 3.63) is 57.8 Å². The Morgan fingerprint density at radius 2 is 1.61 bits per heavy atom. The molecule has 98 valence electrons. The summed E-state index contributed by atoms with van der Waals surface area (Å²) in [6.45, 7) is 0. The summed E-state index contributed by atoms with van der Waals surface area (Å²) in [5, 5.41) is 3.78. The minimum absolute atomic E-state index is 0. The maximum atomic E-state index is 12.4. The van der Waals surface area contributed by atoms with Crippen LogP contribution in [0.3, 0.4) is 0 Å². The molecule has 0 aliphatic carbocycles. The van der Waals surface area contributed by atoms with Crippen LogP contribution in [0.1, 0.15) is 22.7 Å². The summed E-state index contributed by atoms with van der Waals surface area (Å²) in [6, 6.07) is 6.45. The van der Waals surface area contributed by atoms with Crippen molar-refractivity contribution in [1.82, 2.24) is 0 Å². The number of rotatable bonds is 2. The van der Waals surface area contributed by atoms with Crippen LogP contribution in [0, 0.1) is 0 Å². The molecule has 0 saturated carbocycles. The van der Waals surface area contributed by atoms with Crippen LogP contribution in [0.15, 0.2) is 41.1 Å². The van der Waals surface area contributed by atoms with Crippen molar-refractivity contribution >= 4 is 23.7 Å². The fourth-order valence-electron chi connectivity index (χ4n) is 1.52. The van der Waals surface area contributed by atoms with Crippen LogP contribution in [0.4, 0.5) is 13.2 Å². The van der Waals surface area contributed by atoms with Gasteiger partial charge in [-0.25, -0.2) is 0 Å².